The van der Waals surface area contributed by atoms with Crippen LogP contribution in [-0.2, 0) is 76.7 Å². The monoisotopic (exact) mass is 1290 g/mol. The number of primary amides is 1. The molecule has 0 rings (SSSR count). The number of carboxylic acids is 5. The Kier molecular flexibility index (Phi) is 36.8. The number of hydrogen-bond donors (Lipinski definition) is 20. The molecule has 90 heavy (non-hydrogen) atoms. The zero-order chi connectivity index (χ0) is 69.3. The van der Waals surface area contributed by atoms with Crippen LogP contribution in [0.3, 0.4) is 0 Å². The van der Waals surface area contributed by atoms with Gasteiger partial charge >= 0.3 is 29.8 Å². The summed E-state index contributed by atoms with van der Waals surface area (Å²) in [6, 6.07) is -18.3. The minimum absolute atomic E-state index is 0.00878. The molecule has 0 saturated heterocycles. The van der Waals surface area contributed by atoms with E-state index in [1.54, 1.807) is 27.7 Å². The van der Waals surface area contributed by atoms with Gasteiger partial charge < -0.3 is 107 Å². The summed E-state index contributed by atoms with van der Waals surface area (Å²) < 4.78 is 0. The van der Waals surface area contributed by atoms with Gasteiger partial charge in [-0.25, -0.2) is 4.79 Å². The molecule has 0 aliphatic heterocycles. The van der Waals surface area contributed by atoms with Crippen LogP contribution in [0.4, 0.5) is 0 Å². The molecule has 0 saturated carbocycles. The number of aliphatic hydroxyl groups excluding tert-OH is 1. The normalized spacial score (nSPS) is 14.7. The van der Waals surface area contributed by atoms with Crippen LogP contribution in [-0.4, -0.2) is 211 Å². The van der Waals surface area contributed by atoms with E-state index in [4.69, 9.17) is 28.0 Å². The maximum atomic E-state index is 14.1. The van der Waals surface area contributed by atoms with Gasteiger partial charge in [0.05, 0.1) is 19.1 Å². The van der Waals surface area contributed by atoms with Crippen LogP contribution < -0.4 is 76.1 Å². The van der Waals surface area contributed by atoms with Crippen LogP contribution in [0, 0.1) is 17.8 Å². The van der Waals surface area contributed by atoms with Gasteiger partial charge in [0, 0.05) is 32.2 Å². The number of amides is 11. The van der Waals surface area contributed by atoms with Crippen molar-refractivity contribution < 1.29 is 107 Å². The lowest BCUT2D eigenvalue weighted by Gasteiger charge is -2.29. The van der Waals surface area contributed by atoms with E-state index in [0.29, 0.717) is 0 Å². The Morgan fingerprint density at radius 3 is 1.17 bits per heavy atom. The van der Waals surface area contributed by atoms with Crippen molar-refractivity contribution in [2.24, 2.45) is 45.7 Å². The number of aliphatic carboxylic acids is 5. The molecule has 508 valence electrons. The first-order chi connectivity index (χ1) is 41.8. The number of hydrogen-bond acceptors (Lipinski definition) is 19. The van der Waals surface area contributed by atoms with E-state index >= 15 is 0 Å². The summed E-state index contributed by atoms with van der Waals surface area (Å²) in [5, 5.41) is 80.3. The van der Waals surface area contributed by atoms with Gasteiger partial charge in [-0.05, 0) is 76.0 Å². The van der Waals surface area contributed by atoms with Gasteiger partial charge in [0.2, 0.25) is 65.0 Å². The molecule has 0 heterocycles. The van der Waals surface area contributed by atoms with E-state index in [9.17, 15) is 102 Å². The first-order valence-corrected chi connectivity index (χ1v) is 28.6. The predicted octanol–water partition coefficient (Wildman–Crippen LogP) is -6.61. The number of nitrogens with zero attached hydrogens (tertiary/aromatic N) is 1. The second kappa shape index (κ2) is 41.0. The lowest BCUT2D eigenvalue weighted by molar-refractivity contribution is -0.143. The van der Waals surface area contributed by atoms with E-state index in [1.165, 1.54) is 20.8 Å². The quantitative estimate of drug-likeness (QED) is 0.0153. The number of nitrogens with two attached hydrogens (primary N) is 4. The molecule has 0 unspecified atom stereocenters. The summed E-state index contributed by atoms with van der Waals surface area (Å²) in [6.45, 7) is 9.42. The number of rotatable bonds is 45. The largest absolute Gasteiger partial charge is 0.481 e. The topological polar surface area (TPSA) is 631 Å². The Hall–Kier alpha value is -9.29. The van der Waals surface area contributed by atoms with Gasteiger partial charge in [-0.2, -0.15) is 0 Å². The highest BCUT2D eigenvalue weighted by atomic mass is 16.4. The van der Waals surface area contributed by atoms with E-state index < -0.39 is 231 Å². The summed E-state index contributed by atoms with van der Waals surface area (Å²) in [6.07, 6.45) is -6.14. The lowest BCUT2D eigenvalue weighted by atomic mass is 10.00. The Morgan fingerprint density at radius 1 is 0.389 bits per heavy atom. The van der Waals surface area contributed by atoms with Crippen molar-refractivity contribution in [3.05, 3.63) is 0 Å². The van der Waals surface area contributed by atoms with Crippen LogP contribution in [0.25, 0.3) is 0 Å². The SMILES string of the molecule is CC(C)C[C@H](NC(=O)[C@H](CO)NC(=O)[C@H](CCC(=O)O)NC(=O)[C@H](CC(=O)O)NC(=O)[C@H](CC(C)C)NC(=O)[C@@H](N)CCC(=O)O)C(=O)N[C@@H](CCC(N)=O)C(=O)N[C@H](C(=O)N[C@@H](C)C(=O)N[C@@H](CCC(=O)O)C(=O)N[C@@H](CCCN=C(N)N)C(=O)O)C(C)C. The van der Waals surface area contributed by atoms with Crippen molar-refractivity contribution in [2.45, 2.75) is 198 Å². The van der Waals surface area contributed by atoms with Crippen molar-refractivity contribution in [3.63, 3.8) is 0 Å². The third-order valence-electron chi connectivity index (χ3n) is 12.9. The standard InChI is InChI=1S/C53H89N15O22/c1-23(2)19-32(64-43(80)27(54)10-15-37(71)72)48(85)66-34(21-40(77)78)49(86)62-30(13-17-39(75)76)45(82)67-35(22-69)50(87)65-33(20-24(3)4)47(84)61-28(11-14-36(55)70)46(83)68-41(25(5)6)51(88)59-26(7)42(79)60-29(12-16-38(73)74)44(81)63-31(52(89)90)9-8-18-58-53(56)57/h23-35,41,69H,8-22,54H2,1-7H3,(H2,55,70)(H,59,88)(H,60,79)(H,61,84)(H,62,86)(H,63,81)(H,64,80)(H,65,87)(H,66,85)(H,67,82)(H,68,83)(H,71,72)(H,73,74)(H,75,76)(H,77,78)(H,89,90)(H4,56,57,58)/t26-,27-,28-,29-,30-,31-,32-,33-,34-,35-,41-/m0/s1. The van der Waals surface area contributed by atoms with Crippen LogP contribution in [0.5, 0.6) is 0 Å². The van der Waals surface area contributed by atoms with Crippen LogP contribution in [0.1, 0.15) is 132 Å². The second-order valence-electron chi connectivity index (χ2n) is 22.2. The zero-order valence-electron chi connectivity index (χ0n) is 51.2. The summed E-state index contributed by atoms with van der Waals surface area (Å²) in [7, 11) is 0. The summed E-state index contributed by atoms with van der Waals surface area (Å²) in [5.74, 6) is -21.4. The second-order valence-corrected chi connectivity index (χ2v) is 22.2. The number of carbonyl (C=O) groups excluding carboxylic acids is 11. The van der Waals surface area contributed by atoms with Crippen molar-refractivity contribution in [3.8, 4) is 0 Å². The molecule has 0 radical (unpaired) electrons. The van der Waals surface area contributed by atoms with E-state index in [1.807, 2.05) is 0 Å². The van der Waals surface area contributed by atoms with Gasteiger partial charge in [0.1, 0.15) is 60.4 Å². The molecule has 0 aromatic rings. The van der Waals surface area contributed by atoms with Crippen LogP contribution in [0.15, 0.2) is 4.99 Å². The van der Waals surface area contributed by atoms with E-state index in [-0.39, 0.29) is 50.5 Å². The molecule has 0 aromatic carbocycles. The lowest BCUT2D eigenvalue weighted by Crippen LogP contribution is -2.61. The molecule has 0 fully saturated rings. The van der Waals surface area contributed by atoms with Crippen LogP contribution >= 0.6 is 0 Å². The summed E-state index contributed by atoms with van der Waals surface area (Å²) >= 11 is 0. The zero-order valence-corrected chi connectivity index (χ0v) is 51.2. The fourth-order valence-corrected chi connectivity index (χ4v) is 8.15. The van der Waals surface area contributed by atoms with E-state index in [0.717, 1.165) is 0 Å². The Bertz CT molecular complexity index is 2580. The summed E-state index contributed by atoms with van der Waals surface area (Å²) in [5.41, 5.74) is 21.7. The molecule has 24 N–H and O–H groups in total. The highest BCUT2D eigenvalue weighted by molar-refractivity contribution is 6.00. The fourth-order valence-electron chi connectivity index (χ4n) is 8.15. The molecule has 37 nitrogen and oxygen atoms in total. The molecule has 0 aliphatic carbocycles. The fraction of sp³-hybridized carbons (Fsp3) is 0.679. The van der Waals surface area contributed by atoms with Crippen molar-refractivity contribution >= 4 is 101 Å². The molecule has 11 atom stereocenters. The smallest absolute Gasteiger partial charge is 0.326 e. The third-order valence-corrected chi connectivity index (χ3v) is 12.9. The molecular formula is C53H89N15O22. The number of aliphatic hydroxyl groups is 1. The number of carbonyl (C=O) groups is 16. The van der Waals surface area contributed by atoms with Gasteiger partial charge in [-0.1, -0.05) is 41.5 Å². The Balaban J connectivity index is 6.64. The number of aliphatic imine (C=N–C) groups is 1. The highest BCUT2D eigenvalue weighted by Crippen LogP contribution is 2.13. The number of nitrogens with one attached hydrogen (secondary N) is 10. The average Bonchev–Trinajstić information content (AvgIpc) is 1.25. The highest BCUT2D eigenvalue weighted by Gasteiger charge is 2.37. The van der Waals surface area contributed by atoms with Gasteiger partial charge in [-0.15, -0.1) is 0 Å². The minimum Gasteiger partial charge on any atom is -0.481 e. The minimum atomic E-state index is -2.01. The average molecular weight is 1290 g/mol. The molecule has 0 spiro atoms. The van der Waals surface area contributed by atoms with Crippen LogP contribution in [0.2, 0.25) is 0 Å². The summed E-state index contributed by atoms with van der Waals surface area (Å²) in [4.78, 5) is 210. The van der Waals surface area contributed by atoms with Crippen molar-refractivity contribution in [1.29, 1.82) is 0 Å². The Labute approximate surface area is 517 Å². The first-order valence-electron chi connectivity index (χ1n) is 28.6. The molecule has 0 aliphatic rings. The molecule has 11 amide bonds. The number of carboxylic acid groups (broad SMARTS) is 5. The van der Waals surface area contributed by atoms with Crippen molar-refractivity contribution in [2.75, 3.05) is 13.2 Å². The van der Waals surface area contributed by atoms with Crippen molar-refractivity contribution in [1.82, 2.24) is 53.2 Å². The maximum absolute atomic E-state index is 14.1. The molecular weight excluding hydrogens is 1200 g/mol. The van der Waals surface area contributed by atoms with Gasteiger partial charge in [0.25, 0.3) is 0 Å². The molecule has 0 bridgehead atoms. The molecule has 37 heteroatoms. The predicted molar refractivity (Wildman–Crippen MR) is 313 cm³/mol. The number of guanidine groups is 1. The third kappa shape index (κ3) is 33.2. The van der Waals surface area contributed by atoms with E-state index in [2.05, 4.69) is 58.2 Å². The van der Waals surface area contributed by atoms with Gasteiger partial charge in [-0.3, -0.25) is 76.9 Å². The maximum Gasteiger partial charge on any atom is 0.326 e. The molecule has 0 aromatic heterocycles. The van der Waals surface area contributed by atoms with Gasteiger partial charge in [0.15, 0.2) is 5.96 Å². The first kappa shape index (κ1) is 80.7. The Morgan fingerprint density at radius 2 is 0.756 bits per heavy atom.